The molecular formula is C20H23NO2S. The molecule has 1 N–H and O–H groups in total. The van der Waals surface area contributed by atoms with Gasteiger partial charge in [0.05, 0.1) is 6.10 Å². The van der Waals surface area contributed by atoms with Crippen LogP contribution in [0.3, 0.4) is 0 Å². The number of aliphatic hydroxyl groups excluding tert-OH is 1. The molecule has 3 rings (SSSR count). The molecule has 1 aliphatic heterocycles. The predicted octanol–water partition coefficient (Wildman–Crippen LogP) is 4.05. The lowest BCUT2D eigenvalue weighted by atomic mass is 9.92. The van der Waals surface area contributed by atoms with Crippen molar-refractivity contribution in [1.29, 1.82) is 0 Å². The highest BCUT2D eigenvalue weighted by molar-refractivity contribution is 7.16. The fraction of sp³-hybridized carbons (Fsp3) is 0.350. The number of hydrogen-bond donors (Lipinski definition) is 1. The van der Waals surface area contributed by atoms with E-state index in [0.717, 1.165) is 30.8 Å². The van der Waals surface area contributed by atoms with Gasteiger partial charge in [-0.25, -0.2) is 0 Å². The Morgan fingerprint density at radius 1 is 1.21 bits per heavy atom. The summed E-state index contributed by atoms with van der Waals surface area (Å²) in [4.78, 5) is 16.5. The maximum atomic E-state index is 12.3. The number of piperidine rings is 1. The number of amides is 1. The van der Waals surface area contributed by atoms with Gasteiger partial charge in [-0.05, 0) is 49.5 Å². The van der Waals surface area contributed by atoms with Crippen molar-refractivity contribution in [2.45, 2.75) is 25.9 Å². The molecule has 1 aliphatic rings. The average molecular weight is 341 g/mol. The van der Waals surface area contributed by atoms with Crippen LogP contribution in [0.1, 0.15) is 24.6 Å². The van der Waals surface area contributed by atoms with Crippen molar-refractivity contribution in [2.75, 3.05) is 13.1 Å². The summed E-state index contributed by atoms with van der Waals surface area (Å²) >= 11 is 1.69. The largest absolute Gasteiger partial charge is 0.393 e. The third-order valence-corrected chi connectivity index (χ3v) is 5.71. The predicted molar refractivity (Wildman–Crippen MR) is 99.8 cm³/mol. The number of thiophene rings is 1. The minimum absolute atomic E-state index is 0.0636. The van der Waals surface area contributed by atoms with Crippen LogP contribution in [0.4, 0.5) is 0 Å². The number of carbonyl (C=O) groups is 1. The molecule has 1 saturated heterocycles. The monoisotopic (exact) mass is 341 g/mol. The van der Waals surface area contributed by atoms with Crippen molar-refractivity contribution >= 4 is 23.3 Å². The molecule has 1 atom stereocenters. The molecule has 1 amide bonds. The molecule has 24 heavy (non-hydrogen) atoms. The van der Waals surface area contributed by atoms with Crippen LogP contribution in [0.25, 0.3) is 16.5 Å². The molecule has 0 bridgehead atoms. The third-order valence-electron chi connectivity index (χ3n) is 4.61. The molecule has 2 heterocycles. The zero-order valence-corrected chi connectivity index (χ0v) is 14.7. The lowest BCUT2D eigenvalue weighted by molar-refractivity contribution is -0.127. The van der Waals surface area contributed by atoms with Gasteiger partial charge < -0.3 is 10.0 Å². The molecule has 1 fully saturated rings. The van der Waals surface area contributed by atoms with E-state index >= 15 is 0 Å². The highest BCUT2D eigenvalue weighted by Crippen LogP contribution is 2.28. The molecule has 126 valence electrons. The first-order valence-corrected chi connectivity index (χ1v) is 9.25. The van der Waals surface area contributed by atoms with E-state index in [0.29, 0.717) is 5.92 Å². The third kappa shape index (κ3) is 4.13. The van der Waals surface area contributed by atoms with Crippen LogP contribution >= 0.6 is 11.3 Å². The Bertz CT molecular complexity index is 697. The Hall–Kier alpha value is -1.91. The van der Waals surface area contributed by atoms with Gasteiger partial charge in [0.2, 0.25) is 5.91 Å². The van der Waals surface area contributed by atoms with E-state index in [1.54, 1.807) is 17.4 Å². The first-order valence-electron chi connectivity index (χ1n) is 8.44. The van der Waals surface area contributed by atoms with Gasteiger partial charge in [0.15, 0.2) is 0 Å². The summed E-state index contributed by atoms with van der Waals surface area (Å²) < 4.78 is 0. The van der Waals surface area contributed by atoms with Gasteiger partial charge >= 0.3 is 0 Å². The van der Waals surface area contributed by atoms with E-state index < -0.39 is 0 Å². The quantitative estimate of drug-likeness (QED) is 0.853. The van der Waals surface area contributed by atoms with Crippen LogP contribution in [0.2, 0.25) is 0 Å². The summed E-state index contributed by atoms with van der Waals surface area (Å²) in [5.74, 6) is 0.387. The maximum Gasteiger partial charge on any atom is 0.246 e. The van der Waals surface area contributed by atoms with Crippen LogP contribution < -0.4 is 0 Å². The summed E-state index contributed by atoms with van der Waals surface area (Å²) in [6, 6.07) is 14.4. The Morgan fingerprint density at radius 3 is 2.58 bits per heavy atom. The Morgan fingerprint density at radius 2 is 1.92 bits per heavy atom. The van der Waals surface area contributed by atoms with E-state index in [4.69, 9.17) is 0 Å². The van der Waals surface area contributed by atoms with Crippen molar-refractivity contribution < 1.29 is 9.90 Å². The molecular weight excluding hydrogens is 318 g/mol. The fourth-order valence-corrected chi connectivity index (χ4v) is 3.98. The Labute approximate surface area is 147 Å². The molecule has 0 aliphatic carbocycles. The molecule has 0 radical (unpaired) electrons. The summed E-state index contributed by atoms with van der Waals surface area (Å²) in [5.41, 5.74) is 1.20. The topological polar surface area (TPSA) is 40.5 Å². The highest BCUT2D eigenvalue weighted by atomic mass is 32.1. The highest BCUT2D eigenvalue weighted by Gasteiger charge is 2.24. The second-order valence-corrected chi connectivity index (χ2v) is 7.42. The SMILES string of the molecule is CC(O)C1CCN(C(=O)C=Cc2ccc(-c3ccccc3)s2)CC1. The van der Waals surface area contributed by atoms with Crippen molar-refractivity contribution in [3.8, 4) is 10.4 Å². The van der Waals surface area contributed by atoms with Gasteiger partial charge in [-0.2, -0.15) is 0 Å². The number of aliphatic hydroxyl groups is 1. The number of benzene rings is 1. The molecule has 3 nitrogen and oxygen atoms in total. The van der Waals surface area contributed by atoms with Crippen LogP contribution in [-0.4, -0.2) is 35.1 Å². The minimum Gasteiger partial charge on any atom is -0.393 e. The van der Waals surface area contributed by atoms with Crippen molar-refractivity contribution in [2.24, 2.45) is 5.92 Å². The van der Waals surface area contributed by atoms with Gasteiger partial charge in [0.25, 0.3) is 0 Å². The van der Waals surface area contributed by atoms with Crippen molar-refractivity contribution in [3.63, 3.8) is 0 Å². The van der Waals surface area contributed by atoms with Gasteiger partial charge in [0.1, 0.15) is 0 Å². The Kier molecular flexibility index (Phi) is 5.48. The van der Waals surface area contributed by atoms with E-state index in [1.807, 2.05) is 36.1 Å². The zero-order valence-electron chi connectivity index (χ0n) is 13.9. The van der Waals surface area contributed by atoms with Crippen molar-refractivity contribution in [1.82, 2.24) is 4.90 Å². The van der Waals surface area contributed by atoms with Gasteiger partial charge in [-0.1, -0.05) is 30.3 Å². The lowest BCUT2D eigenvalue weighted by Crippen LogP contribution is -2.39. The molecule has 1 aromatic heterocycles. The number of rotatable bonds is 4. The summed E-state index contributed by atoms with van der Waals surface area (Å²) in [6.07, 6.45) is 5.06. The molecule has 4 heteroatoms. The number of hydrogen-bond acceptors (Lipinski definition) is 3. The normalized spacial score (nSPS) is 17.3. The van der Waals surface area contributed by atoms with E-state index in [9.17, 15) is 9.90 Å². The number of nitrogens with zero attached hydrogens (tertiary/aromatic N) is 1. The standard InChI is InChI=1S/C20H23NO2S/c1-15(22)16-11-13-21(14-12-16)20(23)10-8-18-7-9-19(24-18)17-5-3-2-4-6-17/h2-10,15-16,22H,11-14H2,1H3. The molecule has 1 aromatic carbocycles. The van der Waals surface area contributed by atoms with E-state index in [-0.39, 0.29) is 12.0 Å². The molecule has 0 saturated carbocycles. The first kappa shape index (κ1) is 16.9. The lowest BCUT2D eigenvalue weighted by Gasteiger charge is -2.32. The summed E-state index contributed by atoms with van der Waals surface area (Å²) in [5, 5.41) is 9.63. The van der Waals surface area contributed by atoms with Crippen LogP contribution in [0.15, 0.2) is 48.5 Å². The fourth-order valence-electron chi connectivity index (χ4n) is 3.06. The number of carbonyl (C=O) groups excluding carboxylic acids is 1. The van der Waals surface area contributed by atoms with E-state index in [1.165, 1.54) is 10.4 Å². The van der Waals surface area contributed by atoms with E-state index in [2.05, 4.69) is 24.3 Å². The Balaban J connectivity index is 1.58. The van der Waals surface area contributed by atoms with Gasteiger partial charge in [-0.15, -0.1) is 11.3 Å². The van der Waals surface area contributed by atoms with Crippen molar-refractivity contribution in [3.05, 3.63) is 53.4 Å². The summed E-state index contributed by atoms with van der Waals surface area (Å²) in [6.45, 7) is 3.31. The molecule has 0 spiro atoms. The first-order chi connectivity index (χ1) is 11.6. The van der Waals surface area contributed by atoms with Crippen LogP contribution in [-0.2, 0) is 4.79 Å². The van der Waals surface area contributed by atoms with Gasteiger partial charge in [0, 0.05) is 28.9 Å². The summed E-state index contributed by atoms with van der Waals surface area (Å²) in [7, 11) is 0. The number of likely N-dealkylation sites (tertiary alicyclic amines) is 1. The molecule has 2 aromatic rings. The second kappa shape index (κ2) is 7.77. The second-order valence-electron chi connectivity index (χ2n) is 6.30. The maximum absolute atomic E-state index is 12.3. The average Bonchev–Trinajstić information content (AvgIpc) is 3.09. The van der Waals surface area contributed by atoms with Crippen LogP contribution in [0, 0.1) is 5.92 Å². The molecule has 1 unspecified atom stereocenters. The van der Waals surface area contributed by atoms with Gasteiger partial charge in [-0.3, -0.25) is 4.79 Å². The van der Waals surface area contributed by atoms with Crippen LogP contribution in [0.5, 0.6) is 0 Å². The smallest absolute Gasteiger partial charge is 0.246 e. The zero-order chi connectivity index (χ0) is 16.9. The minimum atomic E-state index is -0.277.